The molecule has 0 bridgehead atoms. The molecule has 2 aromatic carbocycles. The van der Waals surface area contributed by atoms with Crippen molar-refractivity contribution in [3.05, 3.63) is 58.1 Å². The standard InChI is InChI=1S/C19H20N4O7S/c1-2-31(28,29)10-9-18(24)20-21-19(25)22-12-13-5-3-4-6-16(13)30-17-8-7-14(23(26)27)11-15(17)22/h3-8,11H,2,9-10,12H2,1H3,(H,20,24)(H,21,25). The van der Waals surface area contributed by atoms with Crippen LogP contribution < -0.4 is 20.5 Å². The molecule has 0 atom stereocenters. The van der Waals surface area contributed by atoms with Crippen molar-refractivity contribution in [1.82, 2.24) is 10.9 Å². The monoisotopic (exact) mass is 448 g/mol. The number of nitrogens with zero attached hydrogens (tertiary/aromatic N) is 2. The molecular weight excluding hydrogens is 428 g/mol. The molecule has 3 rings (SSSR count). The Hall–Kier alpha value is -3.67. The summed E-state index contributed by atoms with van der Waals surface area (Å²) >= 11 is 0. The van der Waals surface area contributed by atoms with Crippen LogP contribution >= 0.6 is 0 Å². The van der Waals surface area contributed by atoms with Crippen molar-refractivity contribution >= 4 is 33.2 Å². The van der Waals surface area contributed by atoms with E-state index in [4.69, 9.17) is 4.74 Å². The summed E-state index contributed by atoms with van der Waals surface area (Å²) in [5.74, 6) is -0.399. The first-order valence-electron chi connectivity index (χ1n) is 9.31. The van der Waals surface area contributed by atoms with Gasteiger partial charge in [0.15, 0.2) is 15.6 Å². The molecular formula is C19H20N4O7S. The highest BCUT2D eigenvalue weighted by Crippen LogP contribution is 2.40. The van der Waals surface area contributed by atoms with Gasteiger partial charge in [0.05, 0.1) is 22.9 Å². The number of hydrogen-bond acceptors (Lipinski definition) is 7. The molecule has 1 aliphatic rings. The third kappa shape index (κ3) is 5.28. The normalized spacial score (nSPS) is 12.6. The number of hydrogen-bond donors (Lipinski definition) is 2. The number of hydrazine groups is 1. The second-order valence-electron chi connectivity index (χ2n) is 6.67. The van der Waals surface area contributed by atoms with Gasteiger partial charge in [-0.15, -0.1) is 0 Å². The number of carbonyl (C=O) groups is 2. The number of nitro benzene ring substituents is 1. The molecule has 0 unspecified atom stereocenters. The molecule has 0 aromatic heterocycles. The van der Waals surface area contributed by atoms with Gasteiger partial charge in [0, 0.05) is 29.9 Å². The van der Waals surface area contributed by atoms with E-state index in [1.807, 2.05) is 0 Å². The number of ether oxygens (including phenoxy) is 1. The molecule has 0 fully saturated rings. The number of nitro groups is 1. The lowest BCUT2D eigenvalue weighted by atomic mass is 10.2. The number of sulfone groups is 1. The van der Waals surface area contributed by atoms with E-state index < -0.39 is 26.7 Å². The number of nitrogens with one attached hydrogen (secondary N) is 2. The van der Waals surface area contributed by atoms with Crippen LogP contribution in [-0.2, 0) is 21.2 Å². The quantitative estimate of drug-likeness (QED) is 0.526. The Morgan fingerprint density at radius 2 is 1.90 bits per heavy atom. The van der Waals surface area contributed by atoms with Gasteiger partial charge < -0.3 is 4.74 Å². The predicted molar refractivity (Wildman–Crippen MR) is 111 cm³/mol. The largest absolute Gasteiger partial charge is 0.455 e. The van der Waals surface area contributed by atoms with Crippen LogP contribution in [0.3, 0.4) is 0 Å². The molecule has 164 valence electrons. The van der Waals surface area contributed by atoms with Gasteiger partial charge in [0.1, 0.15) is 5.75 Å². The van der Waals surface area contributed by atoms with Gasteiger partial charge in [-0.25, -0.2) is 18.6 Å². The van der Waals surface area contributed by atoms with Gasteiger partial charge in [-0.05, 0) is 12.1 Å². The minimum atomic E-state index is -3.33. The van der Waals surface area contributed by atoms with E-state index in [0.29, 0.717) is 11.3 Å². The van der Waals surface area contributed by atoms with E-state index in [2.05, 4.69) is 10.9 Å². The fraction of sp³-hybridized carbons (Fsp3) is 0.263. The van der Waals surface area contributed by atoms with Crippen molar-refractivity contribution in [2.75, 3.05) is 16.4 Å². The maximum absolute atomic E-state index is 12.8. The van der Waals surface area contributed by atoms with Gasteiger partial charge in [0.2, 0.25) is 5.91 Å². The van der Waals surface area contributed by atoms with Crippen molar-refractivity contribution in [2.24, 2.45) is 0 Å². The summed E-state index contributed by atoms with van der Waals surface area (Å²) in [7, 11) is -3.33. The number of amides is 3. The molecule has 0 spiro atoms. The number of benzene rings is 2. The fourth-order valence-electron chi connectivity index (χ4n) is 2.85. The van der Waals surface area contributed by atoms with Gasteiger partial charge >= 0.3 is 6.03 Å². The predicted octanol–water partition coefficient (Wildman–Crippen LogP) is 2.27. The van der Waals surface area contributed by atoms with E-state index in [9.17, 15) is 28.1 Å². The van der Waals surface area contributed by atoms with Crippen molar-refractivity contribution in [1.29, 1.82) is 0 Å². The van der Waals surface area contributed by atoms with E-state index >= 15 is 0 Å². The highest BCUT2D eigenvalue weighted by molar-refractivity contribution is 7.91. The Kier molecular flexibility index (Phi) is 6.39. The summed E-state index contributed by atoms with van der Waals surface area (Å²) in [6, 6.07) is 10.0. The van der Waals surface area contributed by atoms with Crippen LogP contribution in [0.15, 0.2) is 42.5 Å². The van der Waals surface area contributed by atoms with Gasteiger partial charge in [-0.3, -0.25) is 25.2 Å². The molecule has 11 nitrogen and oxygen atoms in total. The molecule has 0 saturated carbocycles. The average molecular weight is 448 g/mol. The number of rotatable bonds is 5. The lowest BCUT2D eigenvalue weighted by Gasteiger charge is -2.22. The summed E-state index contributed by atoms with van der Waals surface area (Å²) < 4.78 is 28.9. The van der Waals surface area contributed by atoms with Crippen LogP contribution in [0.4, 0.5) is 16.2 Å². The molecule has 2 aromatic rings. The molecule has 31 heavy (non-hydrogen) atoms. The smallest absolute Gasteiger partial charge is 0.341 e. The second kappa shape index (κ2) is 9.00. The maximum Gasteiger partial charge on any atom is 0.341 e. The number of anilines is 1. The van der Waals surface area contributed by atoms with Crippen LogP contribution in [0.1, 0.15) is 18.9 Å². The summed E-state index contributed by atoms with van der Waals surface area (Å²) in [4.78, 5) is 36.5. The Labute approximate surface area is 178 Å². The third-order valence-electron chi connectivity index (χ3n) is 4.60. The Bertz CT molecular complexity index is 1130. The number of fused-ring (bicyclic) bond motifs is 2. The molecule has 3 amide bonds. The molecule has 0 saturated heterocycles. The molecule has 0 aliphatic carbocycles. The van der Waals surface area contributed by atoms with Crippen molar-refractivity contribution in [2.45, 2.75) is 19.9 Å². The van der Waals surface area contributed by atoms with Gasteiger partial charge in [0.25, 0.3) is 5.69 Å². The summed E-state index contributed by atoms with van der Waals surface area (Å²) in [6.45, 7) is 1.50. The van der Waals surface area contributed by atoms with Crippen molar-refractivity contribution < 1.29 is 27.7 Å². The summed E-state index contributed by atoms with van der Waals surface area (Å²) in [5, 5.41) is 11.2. The van der Waals surface area contributed by atoms with Crippen molar-refractivity contribution in [3.8, 4) is 11.5 Å². The molecule has 1 heterocycles. The molecule has 12 heteroatoms. The zero-order valence-corrected chi connectivity index (χ0v) is 17.3. The average Bonchev–Trinajstić information content (AvgIpc) is 2.92. The number of urea groups is 1. The maximum atomic E-state index is 12.8. The number of non-ortho nitro benzene ring substituents is 1. The molecule has 0 radical (unpaired) electrons. The SMILES string of the molecule is CCS(=O)(=O)CCC(=O)NNC(=O)N1Cc2ccccc2Oc2ccc([N+](=O)[O-])cc21. The Balaban J connectivity index is 1.81. The Morgan fingerprint density at radius 3 is 2.61 bits per heavy atom. The van der Waals surface area contributed by atoms with Crippen LogP contribution in [0, 0.1) is 10.1 Å². The fourth-order valence-corrected chi connectivity index (χ4v) is 3.64. The van der Waals surface area contributed by atoms with Crippen LogP contribution in [0.25, 0.3) is 0 Å². The van der Waals surface area contributed by atoms with E-state index in [-0.39, 0.29) is 41.6 Å². The first-order chi connectivity index (χ1) is 14.7. The topological polar surface area (TPSA) is 148 Å². The first kappa shape index (κ1) is 22.0. The van der Waals surface area contributed by atoms with Crippen LogP contribution in [0.2, 0.25) is 0 Å². The van der Waals surface area contributed by atoms with Crippen molar-refractivity contribution in [3.63, 3.8) is 0 Å². The lowest BCUT2D eigenvalue weighted by molar-refractivity contribution is -0.384. The van der Waals surface area contributed by atoms with Gasteiger partial charge in [-0.2, -0.15) is 0 Å². The second-order valence-corrected chi connectivity index (χ2v) is 9.14. The Morgan fingerprint density at radius 1 is 1.16 bits per heavy atom. The van der Waals surface area contributed by atoms with Crippen LogP contribution in [0.5, 0.6) is 11.5 Å². The third-order valence-corrected chi connectivity index (χ3v) is 6.30. The highest BCUT2D eigenvalue weighted by Gasteiger charge is 2.27. The molecule has 2 N–H and O–H groups in total. The summed E-state index contributed by atoms with van der Waals surface area (Å²) in [5.41, 5.74) is 4.95. The van der Waals surface area contributed by atoms with Crippen LogP contribution in [-0.4, -0.2) is 36.8 Å². The zero-order chi connectivity index (χ0) is 22.6. The minimum absolute atomic E-state index is 0.0241. The number of para-hydroxylation sites is 1. The zero-order valence-electron chi connectivity index (χ0n) is 16.5. The lowest BCUT2D eigenvalue weighted by Crippen LogP contribution is -2.49. The first-order valence-corrected chi connectivity index (χ1v) is 11.1. The summed E-state index contributed by atoms with van der Waals surface area (Å²) in [6.07, 6.45) is -0.315. The van der Waals surface area contributed by atoms with E-state index in [0.717, 1.165) is 0 Å². The molecule has 1 aliphatic heterocycles. The van der Waals surface area contributed by atoms with E-state index in [1.54, 1.807) is 24.3 Å². The highest BCUT2D eigenvalue weighted by atomic mass is 32.2. The minimum Gasteiger partial charge on any atom is -0.455 e. The number of carbonyl (C=O) groups excluding carboxylic acids is 2. The van der Waals surface area contributed by atoms with E-state index in [1.165, 1.54) is 30.0 Å². The van der Waals surface area contributed by atoms with Gasteiger partial charge in [-0.1, -0.05) is 25.1 Å².